The summed E-state index contributed by atoms with van der Waals surface area (Å²) in [7, 11) is -4.00. The van der Waals surface area contributed by atoms with Crippen LogP contribution in [0.4, 0.5) is 18.9 Å². The van der Waals surface area contributed by atoms with Gasteiger partial charge in [-0.3, -0.25) is 4.31 Å². The van der Waals surface area contributed by atoms with Gasteiger partial charge in [0, 0.05) is 15.4 Å². The molecule has 0 saturated heterocycles. The largest absolute Gasteiger partial charge is 0.497 e. The molecular formula is C20H24BrF3N2O4S2. The fourth-order valence-electron chi connectivity index (χ4n) is 2.94. The van der Waals surface area contributed by atoms with E-state index in [9.17, 15) is 26.7 Å². The molecule has 0 amide bonds. The summed E-state index contributed by atoms with van der Waals surface area (Å²) in [4.78, 5) is 0.125. The van der Waals surface area contributed by atoms with E-state index >= 15 is 0 Å². The minimum absolute atomic E-state index is 0.101. The molecule has 2 aromatic carbocycles. The summed E-state index contributed by atoms with van der Waals surface area (Å²) in [5, 5.41) is 9.28. The summed E-state index contributed by atoms with van der Waals surface area (Å²) < 4.78 is 75.5. The van der Waals surface area contributed by atoms with E-state index in [4.69, 9.17) is 4.74 Å². The normalized spacial score (nSPS) is 14.5. The number of benzene rings is 2. The number of halogens is 4. The number of hydrogen-bond donors (Lipinski definition) is 1. The smallest absolute Gasteiger partial charge is 0.435 e. The molecule has 0 aromatic heterocycles. The molecule has 178 valence electrons. The molecule has 6 nitrogen and oxygen atoms in total. The Morgan fingerprint density at radius 3 is 2.31 bits per heavy atom. The van der Waals surface area contributed by atoms with Gasteiger partial charge in [-0.05, 0) is 84.9 Å². The lowest BCUT2D eigenvalue weighted by Gasteiger charge is -2.30. The lowest BCUT2D eigenvalue weighted by Crippen LogP contribution is -2.37. The van der Waals surface area contributed by atoms with Crippen LogP contribution in [0, 0.1) is 6.92 Å². The zero-order valence-corrected chi connectivity index (χ0v) is 21.2. The number of sulfonamides is 1. The number of ether oxygens (including phenoxy) is 1. The van der Waals surface area contributed by atoms with E-state index in [2.05, 4.69) is 20.3 Å². The van der Waals surface area contributed by atoms with Crippen LogP contribution >= 0.6 is 15.9 Å². The third-order valence-electron chi connectivity index (χ3n) is 4.44. The number of nitrogens with zero attached hydrogens (tertiary/aromatic N) is 2. The Morgan fingerprint density at radius 2 is 1.81 bits per heavy atom. The second-order valence-corrected chi connectivity index (χ2v) is 11.4. The molecule has 0 heterocycles. The van der Waals surface area contributed by atoms with Crippen molar-refractivity contribution in [3.8, 4) is 5.75 Å². The van der Waals surface area contributed by atoms with Crippen LogP contribution in [-0.2, 0) is 20.7 Å². The van der Waals surface area contributed by atoms with E-state index < -0.39 is 39.2 Å². The molecule has 0 aliphatic heterocycles. The van der Waals surface area contributed by atoms with Crippen molar-refractivity contribution in [3.05, 3.63) is 46.4 Å². The number of aliphatic hydroxyl groups is 1. The highest BCUT2D eigenvalue weighted by atomic mass is 79.9. The van der Waals surface area contributed by atoms with Gasteiger partial charge in [0.25, 0.3) is 10.0 Å². The van der Waals surface area contributed by atoms with Crippen molar-refractivity contribution in [1.29, 1.82) is 0 Å². The third kappa shape index (κ3) is 5.83. The molecule has 0 spiro atoms. The summed E-state index contributed by atoms with van der Waals surface area (Å²) >= 11 is 3.24. The zero-order valence-electron chi connectivity index (χ0n) is 18.0. The summed E-state index contributed by atoms with van der Waals surface area (Å²) in [6, 6.07) is 8.66. The molecule has 0 aliphatic carbocycles. The Balaban J connectivity index is 2.60. The predicted molar refractivity (Wildman–Crippen MR) is 123 cm³/mol. The van der Waals surface area contributed by atoms with Crippen LogP contribution in [0.3, 0.4) is 0 Å². The van der Waals surface area contributed by atoms with Gasteiger partial charge in [0.05, 0.1) is 17.7 Å². The monoisotopic (exact) mass is 556 g/mol. The third-order valence-corrected chi connectivity index (χ3v) is 8.87. The SMILES string of the molecule is COc1ccc(N(C(C)C)S(=O)(=O)c2ccc(Br)c(S(C)=NC(O)C(F)(F)F)c2)c(C)c1. The van der Waals surface area contributed by atoms with Gasteiger partial charge in [0.1, 0.15) is 5.75 Å². The molecule has 0 radical (unpaired) electrons. The quantitative estimate of drug-likeness (QED) is 0.518. The first-order chi connectivity index (χ1) is 14.7. The van der Waals surface area contributed by atoms with Crippen LogP contribution in [0.1, 0.15) is 19.4 Å². The molecule has 32 heavy (non-hydrogen) atoms. The molecule has 2 unspecified atom stereocenters. The molecule has 0 aliphatic rings. The average Bonchev–Trinajstić information content (AvgIpc) is 2.68. The van der Waals surface area contributed by atoms with E-state index in [0.29, 0.717) is 21.5 Å². The molecule has 0 saturated carbocycles. The maximum absolute atomic E-state index is 13.6. The Morgan fingerprint density at radius 1 is 1.19 bits per heavy atom. The van der Waals surface area contributed by atoms with Crippen LogP contribution in [-0.4, -0.2) is 45.3 Å². The molecule has 1 N–H and O–H groups in total. The van der Waals surface area contributed by atoms with Crippen molar-refractivity contribution in [3.63, 3.8) is 0 Å². The number of anilines is 1. The lowest BCUT2D eigenvalue weighted by atomic mass is 10.2. The van der Waals surface area contributed by atoms with Gasteiger partial charge < -0.3 is 9.84 Å². The molecule has 0 bridgehead atoms. The second kappa shape index (κ2) is 10.1. The molecule has 0 fully saturated rings. The van der Waals surface area contributed by atoms with E-state index in [1.165, 1.54) is 35.9 Å². The van der Waals surface area contributed by atoms with E-state index in [1.54, 1.807) is 39.0 Å². The van der Waals surface area contributed by atoms with Crippen LogP contribution in [0.2, 0.25) is 0 Å². The highest BCUT2D eigenvalue weighted by Gasteiger charge is 2.38. The minimum atomic E-state index is -4.91. The Kier molecular flexibility index (Phi) is 8.41. The van der Waals surface area contributed by atoms with E-state index in [-0.39, 0.29) is 9.79 Å². The Labute approximate surface area is 196 Å². The highest BCUT2D eigenvalue weighted by Crippen LogP contribution is 2.33. The maximum atomic E-state index is 13.6. The van der Waals surface area contributed by atoms with Gasteiger partial charge in [-0.25, -0.2) is 12.8 Å². The van der Waals surface area contributed by atoms with Gasteiger partial charge in [-0.2, -0.15) is 13.2 Å². The number of hydrogen-bond acceptors (Lipinski definition) is 5. The number of alkyl halides is 3. The fraction of sp³-hybridized carbons (Fsp3) is 0.400. The second-order valence-electron chi connectivity index (χ2n) is 7.14. The standard InChI is InChI=1S/C20H24BrF3N2O4S2/c1-12(2)26(17-9-6-14(30-4)10-13(17)3)32(28,29)15-7-8-16(21)18(11-15)31(5)25-19(27)20(22,23)24/h6-12,19,27H,1-5H3. The first-order valence-electron chi connectivity index (χ1n) is 9.30. The number of methoxy groups -OCH3 is 1. The van der Waals surface area contributed by atoms with Crippen molar-refractivity contribution in [2.75, 3.05) is 17.7 Å². The predicted octanol–water partition coefficient (Wildman–Crippen LogP) is 5.04. The van der Waals surface area contributed by atoms with Crippen LogP contribution in [0.25, 0.3) is 0 Å². The molecule has 2 aromatic rings. The summed E-state index contributed by atoms with van der Waals surface area (Å²) in [6.07, 6.45) is -6.39. The first-order valence-corrected chi connectivity index (χ1v) is 13.1. The van der Waals surface area contributed by atoms with Crippen LogP contribution in [0.5, 0.6) is 5.75 Å². The number of aliphatic hydroxyl groups excluding tert-OH is 1. The molecular weight excluding hydrogens is 533 g/mol. The summed E-state index contributed by atoms with van der Waals surface area (Å²) in [5.74, 6) is 0.582. The van der Waals surface area contributed by atoms with Crippen LogP contribution < -0.4 is 9.04 Å². The number of aryl methyl sites for hydroxylation is 1. The fourth-order valence-corrected chi connectivity index (χ4v) is 6.89. The summed E-state index contributed by atoms with van der Waals surface area (Å²) in [6.45, 7) is 5.21. The topological polar surface area (TPSA) is 79.2 Å². The van der Waals surface area contributed by atoms with Crippen molar-refractivity contribution in [2.45, 2.75) is 49.0 Å². The molecule has 12 heteroatoms. The van der Waals surface area contributed by atoms with Crippen LogP contribution in [0.15, 0.2) is 55.0 Å². The van der Waals surface area contributed by atoms with Crippen molar-refractivity contribution >= 4 is 42.3 Å². The first kappa shape index (κ1) is 26.6. The maximum Gasteiger partial charge on any atom is 0.435 e. The molecule has 2 atom stereocenters. The average molecular weight is 557 g/mol. The minimum Gasteiger partial charge on any atom is -0.497 e. The Hall–Kier alpha value is -1.63. The summed E-state index contributed by atoms with van der Waals surface area (Å²) in [5.41, 5.74) is 1.13. The van der Waals surface area contributed by atoms with Gasteiger partial charge in [-0.1, -0.05) is 10.7 Å². The Bertz CT molecular complexity index is 1120. The van der Waals surface area contributed by atoms with Crippen molar-refractivity contribution in [2.24, 2.45) is 4.36 Å². The zero-order chi connectivity index (χ0) is 24.4. The highest BCUT2D eigenvalue weighted by molar-refractivity contribution is 9.10. The van der Waals surface area contributed by atoms with Crippen molar-refractivity contribution in [1.82, 2.24) is 0 Å². The van der Waals surface area contributed by atoms with E-state index in [0.717, 1.165) is 0 Å². The van der Waals surface area contributed by atoms with Gasteiger partial charge in [0.15, 0.2) is 0 Å². The lowest BCUT2D eigenvalue weighted by molar-refractivity contribution is -0.199. The molecule has 2 rings (SSSR count). The number of rotatable bonds is 7. The van der Waals surface area contributed by atoms with Gasteiger partial charge >= 0.3 is 6.18 Å². The van der Waals surface area contributed by atoms with Gasteiger partial charge in [-0.15, -0.1) is 0 Å². The van der Waals surface area contributed by atoms with E-state index in [1.807, 2.05) is 0 Å². The van der Waals surface area contributed by atoms with Gasteiger partial charge in [0.2, 0.25) is 6.23 Å². The van der Waals surface area contributed by atoms with Crippen molar-refractivity contribution < 1.29 is 31.4 Å².